The van der Waals surface area contributed by atoms with Gasteiger partial charge in [0.1, 0.15) is 11.4 Å². The number of halogens is 3. The zero-order valence-electron chi connectivity index (χ0n) is 15.9. The van der Waals surface area contributed by atoms with Gasteiger partial charge in [-0.15, -0.1) is 10.2 Å². The highest BCUT2D eigenvalue weighted by Crippen LogP contribution is 2.33. The summed E-state index contributed by atoms with van der Waals surface area (Å²) in [7, 11) is 1.55. The van der Waals surface area contributed by atoms with E-state index in [2.05, 4.69) is 20.4 Å². The van der Waals surface area contributed by atoms with Crippen LogP contribution in [-0.4, -0.2) is 51.4 Å². The molecule has 1 fully saturated rings. The van der Waals surface area contributed by atoms with Gasteiger partial charge in [-0.2, -0.15) is 18.3 Å². The third-order valence-electron chi connectivity index (χ3n) is 4.93. The van der Waals surface area contributed by atoms with Crippen LogP contribution in [0.25, 0.3) is 11.3 Å². The Labute approximate surface area is 169 Å². The normalized spacial score (nSPS) is 17.2. The number of aromatic nitrogens is 4. The molecule has 1 aliphatic heterocycles. The average Bonchev–Trinajstić information content (AvgIpc) is 3.43. The molecule has 1 unspecified atom stereocenters. The van der Waals surface area contributed by atoms with Crippen molar-refractivity contribution >= 4 is 5.91 Å². The van der Waals surface area contributed by atoms with Gasteiger partial charge in [0.15, 0.2) is 0 Å². The van der Waals surface area contributed by atoms with Gasteiger partial charge in [0.05, 0.1) is 18.7 Å². The Kier molecular flexibility index (Phi) is 5.18. The lowest BCUT2D eigenvalue weighted by molar-refractivity contribution is -0.157. The summed E-state index contributed by atoms with van der Waals surface area (Å²) in [6.07, 6.45) is -3.54. The fourth-order valence-corrected chi connectivity index (χ4v) is 3.47. The number of para-hydroxylation sites is 1. The van der Waals surface area contributed by atoms with Gasteiger partial charge < -0.3 is 14.1 Å². The maximum Gasteiger partial charge on any atom is 0.470 e. The SMILES string of the molecule is COc1ccccc1-c1cc(C(=O)N2CCCC(c3nnc(C(F)(F)F)o3)C2)[nH]n1. The minimum atomic E-state index is -4.69. The van der Waals surface area contributed by atoms with E-state index < -0.39 is 18.0 Å². The number of likely N-dealkylation sites (tertiary alicyclic amines) is 1. The number of amides is 1. The summed E-state index contributed by atoms with van der Waals surface area (Å²) in [5.41, 5.74) is 1.56. The Hall–Kier alpha value is -3.37. The number of carbonyl (C=O) groups excluding carboxylic acids is 1. The molecule has 3 aromatic rings. The van der Waals surface area contributed by atoms with Crippen LogP contribution < -0.4 is 4.74 Å². The molecular weight excluding hydrogens is 403 g/mol. The molecule has 1 N–H and O–H groups in total. The fraction of sp³-hybridized carbons (Fsp3) is 0.368. The van der Waals surface area contributed by atoms with Crippen LogP contribution in [0.4, 0.5) is 13.2 Å². The second-order valence-corrected chi connectivity index (χ2v) is 6.90. The Morgan fingerprint density at radius 1 is 1.30 bits per heavy atom. The molecule has 1 amide bonds. The molecule has 3 heterocycles. The molecule has 1 atom stereocenters. The summed E-state index contributed by atoms with van der Waals surface area (Å²) in [4.78, 5) is 14.5. The van der Waals surface area contributed by atoms with Crippen LogP contribution in [0.5, 0.6) is 5.75 Å². The van der Waals surface area contributed by atoms with Gasteiger partial charge in [-0.25, -0.2) is 0 Å². The van der Waals surface area contributed by atoms with Gasteiger partial charge in [-0.05, 0) is 31.0 Å². The van der Waals surface area contributed by atoms with Crippen molar-refractivity contribution in [3.63, 3.8) is 0 Å². The highest BCUT2D eigenvalue weighted by Gasteiger charge is 2.39. The number of methoxy groups -OCH3 is 1. The molecule has 11 heteroatoms. The summed E-state index contributed by atoms with van der Waals surface area (Å²) in [5, 5.41) is 13.5. The third kappa shape index (κ3) is 3.87. The molecule has 0 spiro atoms. The Balaban J connectivity index is 1.50. The number of alkyl halides is 3. The van der Waals surface area contributed by atoms with E-state index in [1.165, 1.54) is 0 Å². The van der Waals surface area contributed by atoms with E-state index in [0.717, 1.165) is 5.56 Å². The number of carbonyl (C=O) groups is 1. The van der Waals surface area contributed by atoms with E-state index in [9.17, 15) is 18.0 Å². The van der Waals surface area contributed by atoms with E-state index in [-0.39, 0.29) is 24.0 Å². The predicted molar refractivity (Wildman–Crippen MR) is 97.8 cm³/mol. The van der Waals surface area contributed by atoms with Crippen molar-refractivity contribution in [3.8, 4) is 17.0 Å². The Bertz CT molecular complexity index is 1050. The topological polar surface area (TPSA) is 97.1 Å². The van der Waals surface area contributed by atoms with Crippen LogP contribution in [0.2, 0.25) is 0 Å². The molecule has 158 valence electrons. The first-order valence-electron chi connectivity index (χ1n) is 9.25. The first-order valence-corrected chi connectivity index (χ1v) is 9.25. The summed E-state index contributed by atoms with van der Waals surface area (Å²) in [6, 6.07) is 8.91. The Morgan fingerprint density at radius 3 is 2.83 bits per heavy atom. The van der Waals surface area contributed by atoms with E-state index in [1.807, 2.05) is 18.2 Å². The van der Waals surface area contributed by atoms with E-state index in [1.54, 1.807) is 24.1 Å². The minimum Gasteiger partial charge on any atom is -0.496 e. The van der Waals surface area contributed by atoms with Crippen molar-refractivity contribution in [3.05, 3.63) is 47.8 Å². The lowest BCUT2D eigenvalue weighted by Gasteiger charge is -2.30. The maximum atomic E-state index is 12.9. The molecule has 4 rings (SSSR count). The smallest absolute Gasteiger partial charge is 0.470 e. The number of benzene rings is 1. The number of hydrogen-bond donors (Lipinski definition) is 1. The van der Waals surface area contributed by atoms with Crippen LogP contribution in [0.1, 0.15) is 41.0 Å². The van der Waals surface area contributed by atoms with Crippen molar-refractivity contribution < 1.29 is 27.1 Å². The maximum absolute atomic E-state index is 12.9. The van der Waals surface area contributed by atoms with Crippen molar-refractivity contribution in [1.82, 2.24) is 25.3 Å². The molecule has 1 aromatic carbocycles. The lowest BCUT2D eigenvalue weighted by Crippen LogP contribution is -2.39. The molecule has 30 heavy (non-hydrogen) atoms. The van der Waals surface area contributed by atoms with Gasteiger partial charge >= 0.3 is 12.1 Å². The van der Waals surface area contributed by atoms with Crippen LogP contribution in [0.15, 0.2) is 34.7 Å². The molecular formula is C19H18F3N5O3. The van der Waals surface area contributed by atoms with Crippen LogP contribution in [-0.2, 0) is 6.18 Å². The predicted octanol–water partition coefficient (Wildman–Crippen LogP) is 3.51. The third-order valence-corrected chi connectivity index (χ3v) is 4.93. The number of piperidine rings is 1. The van der Waals surface area contributed by atoms with Gasteiger partial charge in [-0.1, -0.05) is 12.1 Å². The minimum absolute atomic E-state index is 0.112. The molecule has 0 bridgehead atoms. The molecule has 0 aliphatic carbocycles. The molecule has 0 saturated carbocycles. The number of ether oxygens (including phenoxy) is 1. The van der Waals surface area contributed by atoms with Gasteiger partial charge in [-0.3, -0.25) is 9.89 Å². The van der Waals surface area contributed by atoms with Crippen LogP contribution >= 0.6 is 0 Å². The zero-order chi connectivity index (χ0) is 21.3. The number of rotatable bonds is 4. The number of hydrogen-bond acceptors (Lipinski definition) is 6. The second-order valence-electron chi connectivity index (χ2n) is 6.90. The number of aromatic amines is 1. The Morgan fingerprint density at radius 2 is 2.10 bits per heavy atom. The highest BCUT2D eigenvalue weighted by atomic mass is 19.4. The van der Waals surface area contributed by atoms with E-state index in [0.29, 0.717) is 30.8 Å². The number of nitrogens with one attached hydrogen (secondary N) is 1. The van der Waals surface area contributed by atoms with Crippen molar-refractivity contribution in [2.24, 2.45) is 0 Å². The first-order chi connectivity index (χ1) is 14.4. The lowest BCUT2D eigenvalue weighted by atomic mass is 9.97. The molecule has 1 saturated heterocycles. The monoisotopic (exact) mass is 421 g/mol. The van der Waals surface area contributed by atoms with Crippen molar-refractivity contribution in [1.29, 1.82) is 0 Å². The van der Waals surface area contributed by atoms with Crippen molar-refractivity contribution in [2.45, 2.75) is 24.9 Å². The standard InChI is InChI=1S/C19H18F3N5O3/c1-29-15-7-3-2-6-12(15)13-9-14(24-23-13)17(28)27-8-4-5-11(10-27)16-25-26-18(30-16)19(20,21)22/h2-3,6-7,9,11H,4-5,8,10H2,1H3,(H,23,24). The van der Waals surface area contributed by atoms with E-state index in [4.69, 9.17) is 9.15 Å². The second kappa shape index (κ2) is 7.81. The fourth-order valence-electron chi connectivity index (χ4n) is 3.47. The number of H-pyrrole nitrogens is 1. The summed E-state index contributed by atoms with van der Waals surface area (Å²) >= 11 is 0. The molecule has 2 aromatic heterocycles. The van der Waals surface area contributed by atoms with Gasteiger partial charge in [0, 0.05) is 18.7 Å². The summed E-state index contributed by atoms with van der Waals surface area (Å²) < 4.78 is 48.2. The quantitative estimate of drug-likeness (QED) is 0.693. The molecule has 1 aliphatic rings. The molecule has 8 nitrogen and oxygen atoms in total. The van der Waals surface area contributed by atoms with Crippen LogP contribution in [0, 0.1) is 0 Å². The zero-order valence-corrected chi connectivity index (χ0v) is 15.9. The highest BCUT2D eigenvalue weighted by molar-refractivity contribution is 5.93. The summed E-state index contributed by atoms with van der Waals surface area (Å²) in [5.74, 6) is -1.63. The van der Waals surface area contributed by atoms with E-state index >= 15 is 0 Å². The molecule has 0 radical (unpaired) electrons. The van der Waals surface area contributed by atoms with Crippen molar-refractivity contribution in [2.75, 3.05) is 20.2 Å². The average molecular weight is 421 g/mol. The van der Waals surface area contributed by atoms with Gasteiger partial charge in [0.25, 0.3) is 5.91 Å². The van der Waals surface area contributed by atoms with Crippen LogP contribution in [0.3, 0.4) is 0 Å². The number of nitrogens with zero attached hydrogens (tertiary/aromatic N) is 4. The summed E-state index contributed by atoms with van der Waals surface area (Å²) in [6.45, 7) is 0.653. The van der Waals surface area contributed by atoms with Gasteiger partial charge in [0.2, 0.25) is 5.89 Å². The first kappa shape index (κ1) is 19.9. The largest absolute Gasteiger partial charge is 0.496 e.